The lowest BCUT2D eigenvalue weighted by Crippen LogP contribution is -2.47. The third-order valence-electron chi connectivity index (χ3n) is 8.74. The Kier molecular flexibility index (Phi) is 8.09. The van der Waals surface area contributed by atoms with Crippen LogP contribution in [0.15, 0.2) is 30.7 Å². The highest BCUT2D eigenvalue weighted by molar-refractivity contribution is 6.76. The SMILES string of the molecule is Cc1nccnc1-c1nc2c3cnn(CCN4CCN(c5cc6c(C)nn(COCC[Si](C)(C)C)c6cc5F)CC4)c3nc(N)n2n1. The molecule has 2 N–H and O–H groups in total. The molecule has 1 fully saturated rings. The average Bonchev–Trinajstić information content (AvgIpc) is 3.74. The number of aryl methyl sites for hydroxylation is 2. The molecule has 1 saturated heterocycles. The second-order valence-corrected chi connectivity index (χ2v) is 18.9. The van der Waals surface area contributed by atoms with Gasteiger partial charge in [-0.2, -0.15) is 19.7 Å². The largest absolute Gasteiger partial charge is 0.368 e. The highest BCUT2D eigenvalue weighted by Crippen LogP contribution is 2.29. The topological polar surface area (TPSA) is 146 Å². The smallest absolute Gasteiger partial charge is 0.225 e. The van der Waals surface area contributed by atoms with Crippen molar-refractivity contribution in [3.05, 3.63) is 47.9 Å². The van der Waals surface area contributed by atoms with Crippen LogP contribution < -0.4 is 10.6 Å². The van der Waals surface area contributed by atoms with Gasteiger partial charge in [0.05, 0.1) is 40.7 Å². The molecule has 0 spiro atoms. The van der Waals surface area contributed by atoms with Crippen LogP contribution in [-0.2, 0) is 18.0 Å². The fourth-order valence-electron chi connectivity index (χ4n) is 6.01. The summed E-state index contributed by atoms with van der Waals surface area (Å²) < 4.78 is 26.5. The number of nitrogens with zero attached hydrogens (tertiary/aromatic N) is 12. The van der Waals surface area contributed by atoms with Crippen LogP contribution >= 0.6 is 0 Å². The summed E-state index contributed by atoms with van der Waals surface area (Å²) in [7, 11) is -1.18. The average molecular weight is 658 g/mol. The zero-order valence-corrected chi connectivity index (χ0v) is 28.5. The number of rotatable bonds is 10. The van der Waals surface area contributed by atoms with E-state index >= 15 is 4.39 Å². The summed E-state index contributed by atoms with van der Waals surface area (Å²) in [6.07, 6.45) is 5.00. The van der Waals surface area contributed by atoms with E-state index in [9.17, 15) is 0 Å². The van der Waals surface area contributed by atoms with E-state index in [-0.39, 0.29) is 11.8 Å². The maximum absolute atomic E-state index is 15.5. The molecule has 6 heterocycles. The molecule has 0 bridgehead atoms. The molecule has 16 heteroatoms. The summed E-state index contributed by atoms with van der Waals surface area (Å²) in [4.78, 5) is 22.5. The Morgan fingerprint density at radius 2 is 1.68 bits per heavy atom. The Morgan fingerprint density at radius 1 is 0.894 bits per heavy atom. The molecule has 1 aliphatic heterocycles. The number of halogens is 1. The molecule has 0 radical (unpaired) electrons. The highest BCUT2D eigenvalue weighted by atomic mass is 28.3. The molecular formula is C31H40FN13OSi. The van der Waals surface area contributed by atoms with Crippen molar-refractivity contribution in [1.82, 2.24) is 54.0 Å². The van der Waals surface area contributed by atoms with Crippen LogP contribution in [0, 0.1) is 19.7 Å². The number of hydrogen-bond donors (Lipinski definition) is 1. The zero-order chi connectivity index (χ0) is 32.9. The summed E-state index contributed by atoms with van der Waals surface area (Å²) in [5.41, 5.74) is 11.1. The van der Waals surface area contributed by atoms with Crippen molar-refractivity contribution in [3.8, 4) is 11.5 Å². The van der Waals surface area contributed by atoms with Crippen LogP contribution in [0.25, 0.3) is 39.1 Å². The maximum atomic E-state index is 15.5. The second-order valence-electron chi connectivity index (χ2n) is 13.3. The molecule has 47 heavy (non-hydrogen) atoms. The molecule has 0 unspecified atom stereocenters. The van der Waals surface area contributed by atoms with Crippen LogP contribution in [0.4, 0.5) is 16.0 Å². The highest BCUT2D eigenvalue weighted by Gasteiger charge is 2.23. The third-order valence-corrected chi connectivity index (χ3v) is 10.4. The van der Waals surface area contributed by atoms with Crippen molar-refractivity contribution in [1.29, 1.82) is 0 Å². The van der Waals surface area contributed by atoms with Gasteiger partial charge in [0.1, 0.15) is 18.2 Å². The molecule has 1 aromatic carbocycles. The van der Waals surface area contributed by atoms with Gasteiger partial charge in [-0.1, -0.05) is 19.6 Å². The summed E-state index contributed by atoms with van der Waals surface area (Å²) >= 11 is 0. The maximum Gasteiger partial charge on any atom is 0.225 e. The first-order valence-corrected chi connectivity index (χ1v) is 19.6. The predicted octanol–water partition coefficient (Wildman–Crippen LogP) is 3.75. The minimum absolute atomic E-state index is 0.220. The lowest BCUT2D eigenvalue weighted by molar-refractivity contribution is 0.0814. The summed E-state index contributed by atoms with van der Waals surface area (Å²) in [5, 5.41) is 15.5. The Balaban J connectivity index is 1.00. The summed E-state index contributed by atoms with van der Waals surface area (Å²) in [5.74, 6) is 0.416. The van der Waals surface area contributed by atoms with Gasteiger partial charge in [-0.15, -0.1) is 5.10 Å². The minimum atomic E-state index is -1.18. The first-order valence-electron chi connectivity index (χ1n) is 15.9. The number of hydrogen-bond acceptors (Lipinski definition) is 11. The number of aromatic nitrogens is 10. The normalized spacial score (nSPS) is 14.7. The number of nitrogen functional groups attached to an aromatic ring is 1. The fraction of sp³-hybridized carbons (Fsp3) is 0.452. The zero-order valence-electron chi connectivity index (χ0n) is 27.5. The molecule has 7 rings (SSSR count). The van der Waals surface area contributed by atoms with E-state index < -0.39 is 8.07 Å². The minimum Gasteiger partial charge on any atom is -0.368 e. The van der Waals surface area contributed by atoms with E-state index in [1.807, 2.05) is 24.6 Å². The number of ether oxygens (including phenoxy) is 1. The lowest BCUT2D eigenvalue weighted by atomic mass is 10.1. The van der Waals surface area contributed by atoms with Crippen molar-refractivity contribution in [2.24, 2.45) is 0 Å². The molecule has 246 valence electrons. The fourth-order valence-corrected chi connectivity index (χ4v) is 6.77. The van der Waals surface area contributed by atoms with Gasteiger partial charge in [0, 0.05) is 71.3 Å². The molecular weight excluding hydrogens is 618 g/mol. The van der Waals surface area contributed by atoms with Gasteiger partial charge in [-0.3, -0.25) is 9.88 Å². The number of piperazine rings is 1. The molecule has 14 nitrogen and oxygen atoms in total. The second kappa shape index (κ2) is 12.2. The van der Waals surface area contributed by atoms with E-state index in [2.05, 4.69) is 59.7 Å². The van der Waals surface area contributed by atoms with Gasteiger partial charge >= 0.3 is 0 Å². The first-order chi connectivity index (χ1) is 22.6. The summed E-state index contributed by atoms with van der Waals surface area (Å²) in [6.45, 7) is 16.2. The van der Waals surface area contributed by atoms with Crippen LogP contribution in [0.3, 0.4) is 0 Å². The predicted molar refractivity (Wildman–Crippen MR) is 181 cm³/mol. The van der Waals surface area contributed by atoms with E-state index in [0.717, 1.165) is 53.4 Å². The van der Waals surface area contributed by atoms with Crippen LogP contribution in [0.2, 0.25) is 25.7 Å². The number of fused-ring (bicyclic) bond motifs is 4. The molecule has 0 aliphatic carbocycles. The van der Waals surface area contributed by atoms with Gasteiger partial charge in [0.25, 0.3) is 0 Å². The van der Waals surface area contributed by atoms with Crippen LogP contribution in [0.5, 0.6) is 0 Å². The Bertz CT molecular complexity index is 2070. The molecule has 5 aromatic heterocycles. The Labute approximate surface area is 272 Å². The number of nitrogens with two attached hydrogens (primary N) is 1. The van der Waals surface area contributed by atoms with Crippen molar-refractivity contribution in [3.63, 3.8) is 0 Å². The quantitative estimate of drug-likeness (QED) is 0.170. The van der Waals surface area contributed by atoms with Crippen molar-refractivity contribution < 1.29 is 9.13 Å². The van der Waals surface area contributed by atoms with E-state index in [0.29, 0.717) is 61.5 Å². The van der Waals surface area contributed by atoms with Crippen molar-refractivity contribution >= 4 is 47.3 Å². The lowest BCUT2D eigenvalue weighted by Gasteiger charge is -2.36. The van der Waals surface area contributed by atoms with Crippen molar-refractivity contribution in [2.45, 2.75) is 52.8 Å². The number of benzene rings is 1. The Morgan fingerprint density at radius 3 is 2.45 bits per heavy atom. The Hall–Kier alpha value is -4.54. The molecule has 6 aromatic rings. The van der Waals surface area contributed by atoms with Gasteiger partial charge in [0.15, 0.2) is 11.3 Å². The molecule has 0 amide bonds. The van der Waals surface area contributed by atoms with Crippen molar-refractivity contribution in [2.75, 3.05) is 50.0 Å². The van der Waals surface area contributed by atoms with Gasteiger partial charge in [-0.25, -0.2) is 23.7 Å². The third kappa shape index (κ3) is 6.15. The van der Waals surface area contributed by atoms with Crippen LogP contribution in [-0.4, -0.2) is 101 Å². The molecule has 0 atom stereocenters. The number of anilines is 2. The first kappa shape index (κ1) is 31.1. The van der Waals surface area contributed by atoms with Gasteiger partial charge in [0.2, 0.25) is 11.8 Å². The molecule has 0 saturated carbocycles. The van der Waals surface area contributed by atoms with E-state index in [4.69, 9.17) is 15.5 Å². The van der Waals surface area contributed by atoms with Gasteiger partial charge in [-0.05, 0) is 26.0 Å². The standard InChI is InChI=1S/C31H40FN13OSi/c1-20-22-16-26(24(32)17-25(22)44(39-20)19-46-14-15-47(3,4)5)42-11-8-41(9-12-42)10-13-43-29-23(18-36-43)30-37-28(40-45(30)31(33)38-29)27-21(2)34-6-7-35-27/h6-7,16-18H,8-15,19H2,1-5H3,(H2,33,38). The molecule has 1 aliphatic rings. The van der Waals surface area contributed by atoms with Crippen LogP contribution in [0.1, 0.15) is 11.4 Å². The summed E-state index contributed by atoms with van der Waals surface area (Å²) in [6, 6.07) is 4.62. The monoisotopic (exact) mass is 657 g/mol. The van der Waals surface area contributed by atoms with Gasteiger partial charge < -0.3 is 15.4 Å². The van der Waals surface area contributed by atoms with E-state index in [1.54, 1.807) is 29.3 Å². The van der Waals surface area contributed by atoms with E-state index in [1.165, 1.54) is 4.52 Å².